The van der Waals surface area contributed by atoms with Crippen molar-refractivity contribution in [1.82, 2.24) is 9.55 Å². The van der Waals surface area contributed by atoms with Gasteiger partial charge in [-0.15, -0.1) is 0 Å². The molecule has 1 aromatic carbocycles. The van der Waals surface area contributed by atoms with E-state index in [0.717, 1.165) is 11.8 Å². The van der Waals surface area contributed by atoms with Gasteiger partial charge in [-0.1, -0.05) is 6.07 Å². The predicted octanol–water partition coefficient (Wildman–Crippen LogP) is 3.26. The summed E-state index contributed by atoms with van der Waals surface area (Å²) in [6.45, 7) is 0. The van der Waals surface area contributed by atoms with E-state index in [9.17, 15) is 9.18 Å². The minimum Gasteiger partial charge on any atom is -0.324 e. The topological polar surface area (TPSA) is 46.9 Å². The summed E-state index contributed by atoms with van der Waals surface area (Å²) < 4.78 is 15.0. The van der Waals surface area contributed by atoms with E-state index in [2.05, 4.69) is 10.3 Å². The van der Waals surface area contributed by atoms with Crippen molar-refractivity contribution in [3.63, 3.8) is 0 Å². The average molecular weight is 281 g/mol. The van der Waals surface area contributed by atoms with Crippen LogP contribution in [0.15, 0.2) is 67.1 Å². The highest BCUT2D eigenvalue weighted by molar-refractivity contribution is 6.04. The van der Waals surface area contributed by atoms with E-state index < -0.39 is 5.95 Å². The van der Waals surface area contributed by atoms with E-state index in [1.54, 1.807) is 6.07 Å². The van der Waals surface area contributed by atoms with Crippen LogP contribution >= 0.6 is 0 Å². The number of carbonyl (C=O) groups is 1. The Morgan fingerprint density at radius 2 is 1.90 bits per heavy atom. The summed E-state index contributed by atoms with van der Waals surface area (Å²) in [4.78, 5) is 15.5. The first-order valence-corrected chi connectivity index (χ1v) is 6.39. The van der Waals surface area contributed by atoms with Crippen molar-refractivity contribution in [3.8, 4) is 5.69 Å². The normalized spacial score (nSPS) is 10.3. The number of hydrogen-bond acceptors (Lipinski definition) is 2. The Balaban J connectivity index is 1.82. The van der Waals surface area contributed by atoms with Gasteiger partial charge in [0.25, 0.3) is 5.91 Å². The highest BCUT2D eigenvalue weighted by Crippen LogP contribution is 2.16. The van der Waals surface area contributed by atoms with Crippen LogP contribution in [-0.4, -0.2) is 15.5 Å². The van der Waals surface area contributed by atoms with Gasteiger partial charge in [-0.25, -0.2) is 4.98 Å². The molecule has 2 heterocycles. The summed E-state index contributed by atoms with van der Waals surface area (Å²) in [7, 11) is 0. The molecule has 4 nitrogen and oxygen atoms in total. The molecule has 0 fully saturated rings. The van der Waals surface area contributed by atoms with Crippen LogP contribution in [0, 0.1) is 5.95 Å². The number of pyridine rings is 1. The molecular formula is C16H12FN3O. The highest BCUT2D eigenvalue weighted by atomic mass is 19.1. The largest absolute Gasteiger partial charge is 0.324 e. The molecular weight excluding hydrogens is 269 g/mol. The number of amides is 1. The van der Waals surface area contributed by atoms with Crippen molar-refractivity contribution in [3.05, 3.63) is 78.6 Å². The van der Waals surface area contributed by atoms with Crippen LogP contribution in [0.3, 0.4) is 0 Å². The maximum absolute atomic E-state index is 13.0. The van der Waals surface area contributed by atoms with Gasteiger partial charge in [-0.3, -0.25) is 4.79 Å². The quantitative estimate of drug-likeness (QED) is 0.749. The lowest BCUT2D eigenvalue weighted by Crippen LogP contribution is -2.12. The fourth-order valence-electron chi connectivity index (χ4n) is 2.00. The van der Waals surface area contributed by atoms with Crippen LogP contribution in [0.5, 0.6) is 0 Å². The van der Waals surface area contributed by atoms with Crippen LogP contribution in [-0.2, 0) is 0 Å². The SMILES string of the molecule is O=C(Nc1cccc(-n2cccc2)c1)c1ccnc(F)c1. The Labute approximate surface area is 120 Å². The highest BCUT2D eigenvalue weighted by Gasteiger charge is 2.08. The lowest BCUT2D eigenvalue weighted by Gasteiger charge is -2.08. The number of aromatic nitrogens is 2. The molecule has 3 rings (SSSR count). The molecule has 3 aromatic rings. The third-order valence-corrected chi connectivity index (χ3v) is 3.00. The fourth-order valence-corrected chi connectivity index (χ4v) is 2.00. The number of hydrogen-bond donors (Lipinski definition) is 1. The van der Waals surface area contributed by atoms with Gasteiger partial charge in [0.05, 0.1) is 0 Å². The van der Waals surface area contributed by atoms with E-state index in [1.165, 1.54) is 12.3 Å². The molecule has 0 saturated heterocycles. The first-order chi connectivity index (χ1) is 10.2. The fraction of sp³-hybridized carbons (Fsp3) is 0. The third kappa shape index (κ3) is 2.97. The zero-order valence-corrected chi connectivity index (χ0v) is 11.0. The molecule has 21 heavy (non-hydrogen) atoms. The number of halogens is 1. The lowest BCUT2D eigenvalue weighted by atomic mass is 10.2. The first-order valence-electron chi connectivity index (χ1n) is 6.39. The van der Waals surface area contributed by atoms with E-state index in [1.807, 2.05) is 47.3 Å². The summed E-state index contributed by atoms with van der Waals surface area (Å²) in [5.41, 5.74) is 1.80. The smallest absolute Gasteiger partial charge is 0.255 e. The molecule has 0 aliphatic heterocycles. The average Bonchev–Trinajstić information content (AvgIpc) is 3.02. The van der Waals surface area contributed by atoms with Gasteiger partial charge in [-0.05, 0) is 36.4 Å². The predicted molar refractivity (Wildman–Crippen MR) is 77.9 cm³/mol. The van der Waals surface area contributed by atoms with Crippen molar-refractivity contribution in [2.24, 2.45) is 0 Å². The minimum absolute atomic E-state index is 0.230. The van der Waals surface area contributed by atoms with E-state index in [-0.39, 0.29) is 11.5 Å². The number of carbonyl (C=O) groups excluding carboxylic acids is 1. The molecule has 2 aromatic heterocycles. The molecule has 0 bridgehead atoms. The molecule has 0 atom stereocenters. The second kappa shape index (κ2) is 5.58. The Kier molecular flexibility index (Phi) is 3.47. The van der Waals surface area contributed by atoms with Crippen LogP contribution in [0.2, 0.25) is 0 Å². The number of nitrogens with one attached hydrogen (secondary N) is 1. The van der Waals surface area contributed by atoms with E-state index in [4.69, 9.17) is 0 Å². The first kappa shape index (κ1) is 13.1. The molecule has 0 aliphatic rings. The Hall–Kier alpha value is -2.95. The second-order valence-electron chi connectivity index (χ2n) is 4.46. The van der Waals surface area contributed by atoms with Gasteiger partial charge in [0, 0.05) is 41.6 Å². The maximum Gasteiger partial charge on any atom is 0.255 e. The molecule has 0 radical (unpaired) electrons. The zero-order chi connectivity index (χ0) is 14.7. The number of rotatable bonds is 3. The third-order valence-electron chi connectivity index (χ3n) is 3.00. The zero-order valence-electron chi connectivity index (χ0n) is 11.0. The maximum atomic E-state index is 13.0. The van der Waals surface area contributed by atoms with Crippen LogP contribution in [0.25, 0.3) is 5.69 Å². The second-order valence-corrected chi connectivity index (χ2v) is 4.46. The molecule has 1 amide bonds. The number of nitrogens with zero attached hydrogens (tertiary/aromatic N) is 2. The molecule has 5 heteroatoms. The Morgan fingerprint density at radius 1 is 1.10 bits per heavy atom. The Bertz CT molecular complexity index is 769. The standard InChI is InChI=1S/C16H12FN3O/c17-15-10-12(6-7-18-15)16(21)19-13-4-3-5-14(11-13)20-8-1-2-9-20/h1-11H,(H,19,21). The van der Waals surface area contributed by atoms with Gasteiger partial charge >= 0.3 is 0 Å². The molecule has 1 N–H and O–H groups in total. The van der Waals surface area contributed by atoms with E-state index in [0.29, 0.717) is 5.69 Å². The molecule has 0 aliphatic carbocycles. The van der Waals surface area contributed by atoms with Crippen molar-refractivity contribution in [2.75, 3.05) is 5.32 Å². The molecule has 0 saturated carbocycles. The van der Waals surface area contributed by atoms with Crippen molar-refractivity contribution < 1.29 is 9.18 Å². The summed E-state index contributed by atoms with van der Waals surface area (Å²) in [5, 5.41) is 2.74. The molecule has 0 spiro atoms. The van der Waals surface area contributed by atoms with Crippen LogP contribution < -0.4 is 5.32 Å². The van der Waals surface area contributed by atoms with Crippen molar-refractivity contribution >= 4 is 11.6 Å². The van der Waals surface area contributed by atoms with Gasteiger partial charge in [-0.2, -0.15) is 4.39 Å². The lowest BCUT2D eigenvalue weighted by molar-refractivity contribution is 0.102. The summed E-state index contributed by atoms with van der Waals surface area (Å²) >= 11 is 0. The van der Waals surface area contributed by atoms with Crippen molar-refractivity contribution in [2.45, 2.75) is 0 Å². The van der Waals surface area contributed by atoms with E-state index >= 15 is 0 Å². The van der Waals surface area contributed by atoms with Crippen molar-refractivity contribution in [1.29, 1.82) is 0 Å². The summed E-state index contributed by atoms with van der Waals surface area (Å²) in [5.74, 6) is -1.05. The van der Waals surface area contributed by atoms with Crippen LogP contribution in [0.4, 0.5) is 10.1 Å². The number of benzene rings is 1. The Morgan fingerprint density at radius 3 is 2.67 bits per heavy atom. The van der Waals surface area contributed by atoms with Gasteiger partial charge in [0.1, 0.15) is 0 Å². The molecule has 0 unspecified atom stereocenters. The summed E-state index contributed by atoms with van der Waals surface area (Å²) in [6.07, 6.45) is 5.10. The molecule has 104 valence electrons. The monoisotopic (exact) mass is 281 g/mol. The summed E-state index contributed by atoms with van der Waals surface area (Å²) in [6, 6.07) is 13.8. The minimum atomic E-state index is -0.677. The van der Waals surface area contributed by atoms with Gasteiger partial charge in [0.2, 0.25) is 5.95 Å². The van der Waals surface area contributed by atoms with Gasteiger partial charge in [0.15, 0.2) is 0 Å². The van der Waals surface area contributed by atoms with Crippen LogP contribution in [0.1, 0.15) is 10.4 Å². The van der Waals surface area contributed by atoms with Gasteiger partial charge < -0.3 is 9.88 Å². The number of anilines is 1.